The molecule has 0 aliphatic heterocycles. The largest absolute Gasteiger partial charge is 0.427 e. The van der Waals surface area contributed by atoms with E-state index in [9.17, 15) is 13.2 Å². The van der Waals surface area contributed by atoms with E-state index in [1.165, 1.54) is 12.1 Å². The van der Waals surface area contributed by atoms with Gasteiger partial charge in [0.2, 0.25) is 0 Å². The minimum atomic E-state index is -4.63. The van der Waals surface area contributed by atoms with E-state index in [4.69, 9.17) is 11.6 Å². The molecule has 2 nitrogen and oxygen atoms in total. The maximum absolute atomic E-state index is 12.9. The number of nitrogens with one attached hydrogen (secondary N) is 1. The molecule has 22 heavy (non-hydrogen) atoms. The number of anilines is 1. The molecule has 0 saturated carbocycles. The fourth-order valence-electron chi connectivity index (χ4n) is 1.71. The van der Waals surface area contributed by atoms with Crippen LogP contribution in [0.1, 0.15) is 5.56 Å². The summed E-state index contributed by atoms with van der Waals surface area (Å²) in [6, 6.07) is 16.9. The van der Waals surface area contributed by atoms with Crippen LogP contribution >= 0.6 is 11.6 Å². The van der Waals surface area contributed by atoms with Crippen LogP contribution in [0, 0.1) is 0 Å². The summed E-state index contributed by atoms with van der Waals surface area (Å²) in [5.74, 6) is 0. The van der Waals surface area contributed by atoms with E-state index in [0.29, 0.717) is 11.3 Å². The van der Waals surface area contributed by atoms with Gasteiger partial charge in [0.15, 0.2) is 0 Å². The Morgan fingerprint density at radius 3 is 2.05 bits per heavy atom. The van der Waals surface area contributed by atoms with Crippen molar-refractivity contribution in [3.05, 3.63) is 71.3 Å². The first kappa shape index (κ1) is 16.1. The fourth-order valence-corrected chi connectivity index (χ4v) is 1.87. The first-order valence-corrected chi connectivity index (χ1v) is 6.73. The Morgan fingerprint density at radius 2 is 1.50 bits per heavy atom. The summed E-state index contributed by atoms with van der Waals surface area (Å²) < 4.78 is 38.6. The third kappa shape index (κ3) is 4.36. The molecule has 0 aliphatic carbocycles. The van der Waals surface area contributed by atoms with E-state index < -0.39 is 11.2 Å². The summed E-state index contributed by atoms with van der Waals surface area (Å²) in [5.41, 5.74) is 3.46. The van der Waals surface area contributed by atoms with Gasteiger partial charge in [-0.1, -0.05) is 60.1 Å². The van der Waals surface area contributed by atoms with E-state index >= 15 is 0 Å². The number of hydrogen-bond donors (Lipinski definition) is 1. The zero-order chi connectivity index (χ0) is 16.0. The van der Waals surface area contributed by atoms with Crippen LogP contribution in [-0.4, -0.2) is 12.4 Å². The van der Waals surface area contributed by atoms with Gasteiger partial charge in [-0.05, 0) is 17.7 Å². The number of hydrazone groups is 1. The highest BCUT2D eigenvalue weighted by Crippen LogP contribution is 2.34. The third-order valence-corrected chi connectivity index (χ3v) is 3.15. The van der Waals surface area contributed by atoms with Crippen molar-refractivity contribution in [2.45, 2.75) is 6.18 Å². The van der Waals surface area contributed by atoms with Crippen molar-refractivity contribution in [1.29, 1.82) is 0 Å². The first-order chi connectivity index (χ1) is 10.5. The summed E-state index contributed by atoms with van der Waals surface area (Å²) in [4.78, 5) is 0. The molecule has 0 aromatic heterocycles. The third-order valence-electron chi connectivity index (χ3n) is 2.73. The van der Waals surface area contributed by atoms with Gasteiger partial charge in [-0.15, -0.1) is 0 Å². The van der Waals surface area contributed by atoms with Crippen molar-refractivity contribution < 1.29 is 13.2 Å². The lowest BCUT2D eigenvalue weighted by Gasteiger charge is -2.10. The van der Waals surface area contributed by atoms with E-state index in [1.54, 1.807) is 42.5 Å². The number of alkyl halides is 3. The predicted octanol–water partition coefficient (Wildman–Crippen LogP) is 5.30. The normalized spacial score (nSPS) is 13.1. The number of benzene rings is 2. The van der Waals surface area contributed by atoms with E-state index in [1.807, 2.05) is 6.07 Å². The molecule has 1 N–H and O–H groups in total. The Labute approximate surface area is 130 Å². The minimum absolute atomic E-state index is 0.196. The first-order valence-electron chi connectivity index (χ1n) is 6.35. The number of halogens is 4. The van der Waals surface area contributed by atoms with Crippen molar-refractivity contribution in [2.75, 3.05) is 5.43 Å². The fraction of sp³-hybridized carbons (Fsp3) is 0.0625. The van der Waals surface area contributed by atoms with Crippen molar-refractivity contribution in [1.82, 2.24) is 0 Å². The number of para-hydroxylation sites is 1. The molecule has 2 aromatic rings. The molecule has 0 bridgehead atoms. The van der Waals surface area contributed by atoms with Crippen molar-refractivity contribution in [2.24, 2.45) is 5.10 Å². The second-order valence-corrected chi connectivity index (χ2v) is 4.71. The van der Waals surface area contributed by atoms with Crippen molar-refractivity contribution >= 4 is 29.1 Å². The smallest absolute Gasteiger partial charge is 0.279 e. The van der Waals surface area contributed by atoms with E-state index in [2.05, 4.69) is 10.5 Å². The van der Waals surface area contributed by atoms with Crippen LogP contribution in [0.15, 0.2) is 70.8 Å². The van der Waals surface area contributed by atoms with Gasteiger partial charge >= 0.3 is 6.18 Å². The Morgan fingerprint density at radius 1 is 0.955 bits per heavy atom. The molecule has 0 spiro atoms. The van der Waals surface area contributed by atoms with E-state index in [-0.39, 0.29) is 5.57 Å². The lowest BCUT2D eigenvalue weighted by Crippen LogP contribution is -2.10. The number of allylic oxidation sites excluding steroid dienone is 2. The van der Waals surface area contributed by atoms with Crippen LogP contribution in [-0.2, 0) is 0 Å². The molecule has 0 unspecified atom stereocenters. The highest BCUT2D eigenvalue weighted by Gasteiger charge is 2.35. The van der Waals surface area contributed by atoms with Gasteiger partial charge in [0.1, 0.15) is 5.03 Å². The molecule has 2 aromatic carbocycles. The highest BCUT2D eigenvalue weighted by molar-refractivity contribution is 6.37. The molecule has 0 heterocycles. The van der Waals surface area contributed by atoms with Crippen molar-refractivity contribution in [3.63, 3.8) is 0 Å². The molecular weight excluding hydrogens is 313 g/mol. The van der Waals surface area contributed by atoms with Crippen LogP contribution in [0.25, 0.3) is 5.57 Å². The van der Waals surface area contributed by atoms with E-state index in [0.717, 1.165) is 6.21 Å². The Kier molecular flexibility index (Phi) is 5.22. The second-order valence-electron chi connectivity index (χ2n) is 4.33. The van der Waals surface area contributed by atoms with Crippen molar-refractivity contribution in [3.8, 4) is 0 Å². The minimum Gasteiger partial charge on any atom is -0.279 e. The average Bonchev–Trinajstić information content (AvgIpc) is 2.52. The van der Waals surface area contributed by atoms with Gasteiger partial charge in [-0.3, -0.25) is 5.43 Å². The molecule has 0 aliphatic rings. The summed E-state index contributed by atoms with van der Waals surface area (Å²) >= 11 is 5.47. The van der Waals surface area contributed by atoms with Crippen LogP contribution in [0.5, 0.6) is 0 Å². The summed E-state index contributed by atoms with van der Waals surface area (Å²) in [7, 11) is 0. The molecule has 0 fully saturated rings. The predicted molar refractivity (Wildman–Crippen MR) is 83.8 cm³/mol. The summed E-state index contributed by atoms with van der Waals surface area (Å²) in [6.07, 6.45) is -3.57. The Bertz CT molecular complexity index is 665. The molecule has 2 rings (SSSR count). The maximum Gasteiger partial charge on any atom is 0.427 e. The topological polar surface area (TPSA) is 24.4 Å². The lowest BCUT2D eigenvalue weighted by molar-refractivity contribution is -0.0838. The molecule has 0 radical (unpaired) electrons. The van der Waals surface area contributed by atoms with Gasteiger partial charge in [0, 0.05) is 5.57 Å². The average molecular weight is 325 g/mol. The second kappa shape index (κ2) is 7.13. The van der Waals surface area contributed by atoms with Gasteiger partial charge in [-0.2, -0.15) is 18.3 Å². The molecule has 114 valence electrons. The summed E-state index contributed by atoms with van der Waals surface area (Å²) in [6.45, 7) is 0. The lowest BCUT2D eigenvalue weighted by atomic mass is 10.1. The molecule has 0 amide bonds. The van der Waals surface area contributed by atoms with Crippen LogP contribution in [0.4, 0.5) is 18.9 Å². The molecule has 6 heteroatoms. The van der Waals surface area contributed by atoms with Crippen LogP contribution in [0.3, 0.4) is 0 Å². The SMILES string of the molecule is FC(F)(F)/C(Cl)=C(\C=N\Nc1ccccc1)c1ccccc1. The monoisotopic (exact) mass is 324 g/mol. The van der Waals surface area contributed by atoms with Gasteiger partial charge in [0.25, 0.3) is 0 Å². The Hall–Kier alpha value is -2.27. The molecule has 0 saturated heterocycles. The number of hydrogen-bond acceptors (Lipinski definition) is 2. The van der Waals surface area contributed by atoms with Gasteiger partial charge < -0.3 is 0 Å². The molecular formula is C16H12ClF3N2. The van der Waals surface area contributed by atoms with Crippen LogP contribution in [0.2, 0.25) is 0 Å². The zero-order valence-corrected chi connectivity index (χ0v) is 12.1. The van der Waals surface area contributed by atoms with Crippen LogP contribution < -0.4 is 5.43 Å². The van der Waals surface area contributed by atoms with Gasteiger partial charge in [0.05, 0.1) is 11.9 Å². The highest BCUT2D eigenvalue weighted by atomic mass is 35.5. The number of rotatable bonds is 4. The molecule has 0 atom stereocenters. The quantitative estimate of drug-likeness (QED) is 0.599. The zero-order valence-electron chi connectivity index (χ0n) is 11.3. The Balaban J connectivity index is 2.30. The summed E-state index contributed by atoms with van der Waals surface area (Å²) in [5, 5.41) is 2.62. The number of nitrogens with zero attached hydrogens (tertiary/aromatic N) is 1. The maximum atomic E-state index is 12.9. The standard InChI is InChI=1S/C16H12ClF3N2/c17-15(16(18,19)20)14(12-7-3-1-4-8-12)11-21-22-13-9-5-2-6-10-13/h1-11,22H/b15-14-,21-11+. The van der Waals surface area contributed by atoms with Gasteiger partial charge in [-0.25, -0.2) is 0 Å².